The van der Waals surface area contributed by atoms with Gasteiger partial charge in [0, 0.05) is 13.6 Å². The minimum Gasteiger partial charge on any atom is -0.287 e. The Balaban J connectivity index is 1.50. The molecule has 0 amide bonds. The summed E-state index contributed by atoms with van der Waals surface area (Å²) in [6, 6.07) is 0. The molecule has 5 atom stereocenters. The maximum atomic E-state index is 13.0. The van der Waals surface area contributed by atoms with Gasteiger partial charge < -0.3 is 0 Å². The molecule has 0 radical (unpaired) electrons. The van der Waals surface area contributed by atoms with Crippen molar-refractivity contribution in [3.05, 3.63) is 29.0 Å². The Morgan fingerprint density at radius 1 is 1.18 bits per heavy atom. The van der Waals surface area contributed by atoms with E-state index in [0.717, 1.165) is 24.8 Å². The molecule has 2 aliphatic carbocycles. The summed E-state index contributed by atoms with van der Waals surface area (Å²) in [5.41, 5.74) is 3.09. The highest BCUT2D eigenvalue weighted by molar-refractivity contribution is 5.84. The zero-order valence-electron chi connectivity index (χ0n) is 21.9. The molecule has 2 saturated carbocycles. The molecule has 2 aromatic rings. The molecule has 34 heavy (non-hydrogen) atoms. The van der Waals surface area contributed by atoms with E-state index < -0.39 is 0 Å². The first-order valence-corrected chi connectivity index (χ1v) is 13.0. The van der Waals surface area contributed by atoms with E-state index in [1.807, 2.05) is 9.63 Å². The van der Waals surface area contributed by atoms with Crippen LogP contribution in [0.2, 0.25) is 0 Å². The van der Waals surface area contributed by atoms with Gasteiger partial charge in [0.15, 0.2) is 11.5 Å². The Hall–Kier alpha value is -2.15. The molecule has 2 fully saturated rings. The van der Waals surface area contributed by atoms with Crippen LogP contribution < -0.4 is 10.8 Å². The van der Waals surface area contributed by atoms with Crippen LogP contribution in [0.1, 0.15) is 79.1 Å². The van der Waals surface area contributed by atoms with Crippen LogP contribution in [0.25, 0.3) is 11.2 Å². The van der Waals surface area contributed by atoms with E-state index in [2.05, 4.69) is 44.2 Å². The van der Waals surface area contributed by atoms with Crippen molar-refractivity contribution in [1.82, 2.24) is 19.1 Å². The molecule has 0 bridgehead atoms. The molecular formula is C27H41N5O2. The number of allylic oxidation sites excluding steroid dienone is 1. The van der Waals surface area contributed by atoms with Crippen LogP contribution in [0.5, 0.6) is 0 Å². The van der Waals surface area contributed by atoms with Crippen molar-refractivity contribution < 1.29 is 4.84 Å². The summed E-state index contributed by atoms with van der Waals surface area (Å²) in [7, 11) is 3.49. The average Bonchev–Trinajstić information content (AvgIpc) is 2.98. The van der Waals surface area contributed by atoms with Crippen molar-refractivity contribution in [2.24, 2.45) is 29.7 Å². The lowest BCUT2D eigenvalue weighted by Crippen LogP contribution is -2.52. The maximum absolute atomic E-state index is 13.0. The van der Waals surface area contributed by atoms with Crippen molar-refractivity contribution in [1.29, 1.82) is 0 Å². The van der Waals surface area contributed by atoms with Crippen molar-refractivity contribution >= 4 is 17.0 Å². The Labute approximate surface area is 203 Å². The highest BCUT2D eigenvalue weighted by atomic mass is 16.7. The molecule has 3 heterocycles. The smallest absolute Gasteiger partial charge is 0.287 e. The Kier molecular flexibility index (Phi) is 5.51. The summed E-state index contributed by atoms with van der Waals surface area (Å²) in [5.74, 6) is 2.04. The van der Waals surface area contributed by atoms with Gasteiger partial charge in [-0.1, -0.05) is 32.9 Å². The zero-order chi connectivity index (χ0) is 24.5. The molecule has 7 nitrogen and oxygen atoms in total. The summed E-state index contributed by atoms with van der Waals surface area (Å²) >= 11 is 0. The number of rotatable bonds is 4. The molecule has 0 saturated heterocycles. The summed E-state index contributed by atoms with van der Waals surface area (Å²) in [6.45, 7) is 14.9. The summed E-state index contributed by atoms with van der Waals surface area (Å²) in [4.78, 5) is 28.0. The first-order chi connectivity index (χ1) is 16.1. The van der Waals surface area contributed by atoms with Crippen molar-refractivity contribution in [2.45, 2.75) is 91.1 Å². The third-order valence-electron chi connectivity index (χ3n) is 10.4. The normalized spacial score (nSPS) is 35.9. The van der Waals surface area contributed by atoms with Gasteiger partial charge in [0.2, 0.25) is 0 Å². The number of hydrogen-bond acceptors (Lipinski definition) is 5. The molecular weight excluding hydrogens is 426 g/mol. The summed E-state index contributed by atoms with van der Waals surface area (Å²) < 4.78 is 3.44. The minimum atomic E-state index is -0.275. The first kappa shape index (κ1) is 23.6. The number of aryl methyl sites for hydroxylation is 2. The van der Waals surface area contributed by atoms with Gasteiger partial charge >= 0.3 is 5.69 Å². The van der Waals surface area contributed by atoms with Crippen LogP contribution in [-0.4, -0.2) is 31.8 Å². The van der Waals surface area contributed by atoms with Gasteiger partial charge in [-0.05, 0) is 81.0 Å². The van der Waals surface area contributed by atoms with Gasteiger partial charge in [0.1, 0.15) is 11.8 Å². The number of hydrogen-bond donors (Lipinski definition) is 0. The fourth-order valence-electron chi connectivity index (χ4n) is 7.74. The highest BCUT2D eigenvalue weighted by Crippen LogP contribution is 2.63. The SMILES string of the molecule is C=C1CCC[C@H]2[C@](C)(CC[C@@]3(C)CCn4c(=O)n(C)c5ncnc(c54)N3OC)[C@@H](C)CC[C@@]12C. The van der Waals surface area contributed by atoms with Crippen molar-refractivity contribution in [3.8, 4) is 0 Å². The van der Waals surface area contributed by atoms with Gasteiger partial charge in [0.25, 0.3) is 0 Å². The van der Waals surface area contributed by atoms with Crippen LogP contribution in [0.3, 0.4) is 0 Å². The third-order valence-corrected chi connectivity index (χ3v) is 10.4. The maximum Gasteiger partial charge on any atom is 0.330 e. The fourth-order valence-corrected chi connectivity index (χ4v) is 7.74. The summed E-state index contributed by atoms with van der Waals surface area (Å²) in [5, 5.41) is 1.97. The Morgan fingerprint density at radius 2 is 1.94 bits per heavy atom. The lowest BCUT2D eigenvalue weighted by atomic mass is 9.46. The molecule has 0 spiro atoms. The third kappa shape index (κ3) is 3.15. The van der Waals surface area contributed by atoms with Gasteiger partial charge in [-0.15, -0.1) is 0 Å². The number of hydroxylamine groups is 1. The van der Waals surface area contributed by atoms with E-state index in [1.165, 1.54) is 37.7 Å². The van der Waals surface area contributed by atoms with Gasteiger partial charge in [-0.3, -0.25) is 14.0 Å². The molecule has 186 valence electrons. The molecule has 0 unspecified atom stereocenters. The number of fused-ring (bicyclic) bond motifs is 1. The van der Waals surface area contributed by atoms with Crippen LogP contribution in [0, 0.1) is 22.7 Å². The first-order valence-electron chi connectivity index (χ1n) is 13.0. The molecule has 5 rings (SSSR count). The van der Waals surface area contributed by atoms with Gasteiger partial charge in [-0.2, -0.15) is 0 Å². The number of anilines is 1. The molecule has 7 heteroatoms. The second kappa shape index (κ2) is 7.94. The van der Waals surface area contributed by atoms with Gasteiger partial charge in [-0.25, -0.2) is 19.8 Å². The largest absolute Gasteiger partial charge is 0.330 e. The second-order valence-electron chi connectivity index (χ2n) is 12.0. The van der Waals surface area contributed by atoms with E-state index in [0.29, 0.717) is 29.8 Å². The summed E-state index contributed by atoms with van der Waals surface area (Å²) in [6.07, 6.45) is 10.8. The second-order valence-corrected chi connectivity index (χ2v) is 12.0. The van der Waals surface area contributed by atoms with E-state index >= 15 is 0 Å². The van der Waals surface area contributed by atoms with E-state index in [1.54, 1.807) is 25.1 Å². The average molecular weight is 468 g/mol. The molecule has 0 aromatic carbocycles. The molecule has 0 N–H and O–H groups in total. The van der Waals surface area contributed by atoms with Crippen molar-refractivity contribution in [2.75, 3.05) is 12.2 Å². The van der Waals surface area contributed by atoms with Gasteiger partial charge in [0.05, 0.1) is 12.6 Å². The quantitative estimate of drug-likeness (QED) is 0.576. The van der Waals surface area contributed by atoms with Crippen molar-refractivity contribution in [3.63, 3.8) is 0 Å². The monoisotopic (exact) mass is 467 g/mol. The molecule has 3 aliphatic rings. The zero-order valence-corrected chi connectivity index (χ0v) is 21.9. The lowest BCUT2D eigenvalue weighted by molar-refractivity contribution is -0.0613. The van der Waals surface area contributed by atoms with E-state index in [9.17, 15) is 4.79 Å². The number of aromatic nitrogens is 4. The van der Waals surface area contributed by atoms with Crippen LogP contribution in [-0.2, 0) is 18.4 Å². The minimum absolute atomic E-state index is 0.0404. The van der Waals surface area contributed by atoms with Crippen LogP contribution in [0.4, 0.5) is 5.82 Å². The predicted octanol–water partition coefficient (Wildman–Crippen LogP) is 5.24. The standard InChI is InChI=1S/C27H41N5O2/c1-18-9-8-10-20-26(18,4)12-11-19(2)27(20,5)14-13-25(3)15-16-31-21-22(30(6)24(31)33)28-17-29-23(21)32(25)34-7/h17,19-20H,1,8-16H2,2-7H3/t19-,20+,25-,26-,27+/m0/s1. The topological polar surface area (TPSA) is 65.2 Å². The lowest BCUT2D eigenvalue weighted by Gasteiger charge is -2.59. The Bertz CT molecular complexity index is 1180. The van der Waals surface area contributed by atoms with E-state index in [4.69, 9.17) is 4.84 Å². The fraction of sp³-hybridized carbons (Fsp3) is 0.741. The highest BCUT2D eigenvalue weighted by Gasteiger charge is 2.54. The van der Waals surface area contributed by atoms with Crippen LogP contribution >= 0.6 is 0 Å². The number of imidazole rings is 1. The Morgan fingerprint density at radius 3 is 2.68 bits per heavy atom. The molecule has 2 aromatic heterocycles. The molecule has 1 aliphatic heterocycles. The number of nitrogens with zero attached hydrogens (tertiary/aromatic N) is 5. The van der Waals surface area contributed by atoms with Crippen LogP contribution in [0.15, 0.2) is 23.3 Å². The predicted molar refractivity (Wildman–Crippen MR) is 136 cm³/mol. The van der Waals surface area contributed by atoms with E-state index in [-0.39, 0.29) is 22.1 Å².